The summed E-state index contributed by atoms with van der Waals surface area (Å²) in [6, 6.07) is 2.85. The molecule has 0 radical (unpaired) electrons. The Kier molecular flexibility index (Phi) is 5.50. The van der Waals surface area contributed by atoms with Crippen LogP contribution in [0.2, 0.25) is 0 Å². The lowest BCUT2D eigenvalue weighted by atomic mass is 9.75. The highest BCUT2D eigenvalue weighted by Gasteiger charge is 2.41. The summed E-state index contributed by atoms with van der Waals surface area (Å²) >= 11 is 1.58. The molecule has 3 rings (SSSR count). The summed E-state index contributed by atoms with van der Waals surface area (Å²) in [6.45, 7) is 6.68. The first-order chi connectivity index (χ1) is 12.1. The number of nitrogens with zero attached hydrogens (tertiary/aromatic N) is 2. The molecule has 1 aliphatic heterocycles. The molecule has 25 heavy (non-hydrogen) atoms. The van der Waals surface area contributed by atoms with Crippen molar-refractivity contribution in [1.82, 2.24) is 15.5 Å². The summed E-state index contributed by atoms with van der Waals surface area (Å²) in [4.78, 5) is 15.7. The first-order valence-corrected chi connectivity index (χ1v) is 9.97. The molecule has 2 aliphatic rings. The summed E-state index contributed by atoms with van der Waals surface area (Å²) in [7, 11) is 0. The van der Waals surface area contributed by atoms with Crippen LogP contribution in [0.1, 0.15) is 42.7 Å². The highest BCUT2D eigenvalue weighted by molar-refractivity contribution is 7.16. The predicted octanol–water partition coefficient (Wildman–Crippen LogP) is 2.09. The fraction of sp³-hybridized carbons (Fsp3) is 0.667. The average Bonchev–Trinajstić information content (AvgIpc) is 2.87. The lowest BCUT2D eigenvalue weighted by molar-refractivity contribution is 0.0662. The zero-order valence-electron chi connectivity index (χ0n) is 15.0. The van der Waals surface area contributed by atoms with Crippen LogP contribution in [0, 0.1) is 17.2 Å². The molecule has 2 amide bonds. The van der Waals surface area contributed by atoms with E-state index >= 15 is 0 Å². The Morgan fingerprint density at radius 2 is 2.24 bits per heavy atom. The number of carbonyl (C=O) groups is 1. The van der Waals surface area contributed by atoms with Gasteiger partial charge in [-0.2, -0.15) is 5.26 Å². The number of hydrogen-bond donors (Lipinski definition) is 3. The standard InChI is InChI=1S/C18H27N5OS/c1-3-5-23-10-12(22-18(24)21-4-2)6-11-7-13-14(9-19)17(20)25-16(13)8-15(11)23/h11-12,15H,3-8,10,20H2,1-2H3,(H2,21,22,24). The molecule has 3 unspecified atom stereocenters. The number of carbonyl (C=O) groups excluding carboxylic acids is 1. The Labute approximate surface area is 153 Å². The van der Waals surface area contributed by atoms with Gasteiger partial charge in [-0.15, -0.1) is 11.3 Å². The lowest BCUT2D eigenvalue weighted by Crippen LogP contribution is -2.58. The maximum atomic E-state index is 11.9. The van der Waals surface area contributed by atoms with Crippen molar-refractivity contribution >= 4 is 22.4 Å². The number of nitriles is 1. The Hall–Kier alpha value is -1.78. The molecule has 0 bridgehead atoms. The van der Waals surface area contributed by atoms with Gasteiger partial charge in [0.2, 0.25) is 0 Å². The normalized spacial score (nSPS) is 25.6. The van der Waals surface area contributed by atoms with Gasteiger partial charge in [0.25, 0.3) is 0 Å². The maximum absolute atomic E-state index is 11.9. The van der Waals surface area contributed by atoms with Gasteiger partial charge in [-0.25, -0.2) is 4.79 Å². The Balaban J connectivity index is 1.81. The highest BCUT2D eigenvalue weighted by atomic mass is 32.1. The van der Waals surface area contributed by atoms with Crippen molar-refractivity contribution in [3.05, 3.63) is 16.0 Å². The van der Waals surface area contributed by atoms with Crippen molar-refractivity contribution in [2.45, 2.75) is 51.6 Å². The number of anilines is 1. The number of hydrogen-bond acceptors (Lipinski definition) is 5. The van der Waals surface area contributed by atoms with E-state index in [-0.39, 0.29) is 12.1 Å². The van der Waals surface area contributed by atoms with E-state index in [1.165, 1.54) is 4.88 Å². The molecule has 3 atom stereocenters. The number of fused-ring (bicyclic) bond motifs is 2. The van der Waals surface area contributed by atoms with Gasteiger partial charge < -0.3 is 16.4 Å². The number of thiophene rings is 1. The molecular formula is C18H27N5OS. The van der Waals surface area contributed by atoms with E-state index in [1.807, 2.05) is 6.92 Å². The largest absolute Gasteiger partial charge is 0.389 e. The number of rotatable bonds is 4. The molecule has 4 N–H and O–H groups in total. The van der Waals surface area contributed by atoms with E-state index in [0.717, 1.165) is 44.3 Å². The molecular weight excluding hydrogens is 334 g/mol. The van der Waals surface area contributed by atoms with E-state index < -0.39 is 0 Å². The lowest BCUT2D eigenvalue weighted by Gasteiger charge is -2.47. The van der Waals surface area contributed by atoms with Crippen LogP contribution in [0.15, 0.2) is 0 Å². The third kappa shape index (κ3) is 3.60. The molecule has 136 valence electrons. The number of likely N-dealkylation sites (tertiary alicyclic amines) is 1. The molecule has 1 saturated heterocycles. The summed E-state index contributed by atoms with van der Waals surface area (Å²) in [5.41, 5.74) is 7.89. The van der Waals surface area contributed by atoms with Gasteiger partial charge in [-0.05, 0) is 50.6 Å². The summed E-state index contributed by atoms with van der Waals surface area (Å²) < 4.78 is 0. The first kappa shape index (κ1) is 18.0. The SMILES string of the molecule is CCCN1CC(NC(=O)NCC)CC2Cc3c(sc(N)c3C#N)CC21. The Morgan fingerprint density at radius 1 is 1.44 bits per heavy atom. The van der Waals surface area contributed by atoms with Gasteiger partial charge in [-0.3, -0.25) is 4.90 Å². The molecule has 1 fully saturated rings. The van der Waals surface area contributed by atoms with Crippen LogP contribution in [0.25, 0.3) is 0 Å². The van der Waals surface area contributed by atoms with Crippen LogP contribution < -0.4 is 16.4 Å². The van der Waals surface area contributed by atoms with Crippen LogP contribution >= 0.6 is 11.3 Å². The number of nitrogen functional groups attached to an aromatic ring is 1. The van der Waals surface area contributed by atoms with Gasteiger partial charge in [0.05, 0.1) is 5.56 Å². The van der Waals surface area contributed by atoms with Gasteiger partial charge in [-0.1, -0.05) is 6.92 Å². The number of nitrogens with two attached hydrogens (primary N) is 1. The van der Waals surface area contributed by atoms with Crippen LogP contribution in [0.4, 0.5) is 9.80 Å². The van der Waals surface area contributed by atoms with Gasteiger partial charge in [0.1, 0.15) is 11.1 Å². The van der Waals surface area contributed by atoms with Crippen LogP contribution in [0.3, 0.4) is 0 Å². The van der Waals surface area contributed by atoms with Crippen molar-refractivity contribution in [2.24, 2.45) is 5.92 Å². The second-order valence-corrected chi connectivity index (χ2v) is 8.16. The van der Waals surface area contributed by atoms with Crippen molar-refractivity contribution in [1.29, 1.82) is 5.26 Å². The van der Waals surface area contributed by atoms with Gasteiger partial charge in [0, 0.05) is 30.1 Å². The van der Waals surface area contributed by atoms with Gasteiger partial charge >= 0.3 is 6.03 Å². The molecule has 1 aromatic rings. The predicted molar refractivity (Wildman–Crippen MR) is 101 cm³/mol. The van der Waals surface area contributed by atoms with E-state index in [4.69, 9.17) is 5.73 Å². The highest BCUT2D eigenvalue weighted by Crippen LogP contribution is 2.42. The van der Waals surface area contributed by atoms with Crippen LogP contribution in [-0.4, -0.2) is 42.6 Å². The van der Waals surface area contributed by atoms with Crippen molar-refractivity contribution in [2.75, 3.05) is 25.4 Å². The minimum Gasteiger partial charge on any atom is -0.389 e. The van der Waals surface area contributed by atoms with Crippen molar-refractivity contribution in [3.63, 3.8) is 0 Å². The Morgan fingerprint density at radius 3 is 2.92 bits per heavy atom. The molecule has 6 nitrogen and oxygen atoms in total. The van der Waals surface area contributed by atoms with E-state index in [0.29, 0.717) is 29.1 Å². The van der Waals surface area contributed by atoms with Crippen molar-refractivity contribution in [3.8, 4) is 6.07 Å². The maximum Gasteiger partial charge on any atom is 0.315 e. The quantitative estimate of drug-likeness (QED) is 0.765. The second-order valence-electron chi connectivity index (χ2n) is 7.02. The van der Waals surface area contributed by atoms with E-state index in [2.05, 4.69) is 28.5 Å². The average molecular weight is 362 g/mol. The number of amides is 2. The third-order valence-electron chi connectivity index (χ3n) is 5.33. The van der Waals surface area contributed by atoms with Crippen LogP contribution in [-0.2, 0) is 12.8 Å². The van der Waals surface area contributed by atoms with E-state index in [9.17, 15) is 10.1 Å². The fourth-order valence-electron chi connectivity index (χ4n) is 4.36. The summed E-state index contributed by atoms with van der Waals surface area (Å²) in [5.74, 6) is 0.459. The fourth-order valence-corrected chi connectivity index (χ4v) is 5.46. The van der Waals surface area contributed by atoms with Crippen molar-refractivity contribution < 1.29 is 4.79 Å². The summed E-state index contributed by atoms with van der Waals surface area (Å²) in [6.07, 6.45) is 3.93. The third-order valence-corrected chi connectivity index (χ3v) is 6.41. The Bertz CT molecular complexity index is 680. The molecule has 0 saturated carbocycles. The van der Waals surface area contributed by atoms with Gasteiger partial charge in [0.15, 0.2) is 0 Å². The molecule has 1 aliphatic carbocycles. The number of piperidine rings is 1. The molecule has 7 heteroatoms. The van der Waals surface area contributed by atoms with E-state index in [1.54, 1.807) is 11.3 Å². The zero-order chi connectivity index (χ0) is 18.0. The topological polar surface area (TPSA) is 94.2 Å². The zero-order valence-corrected chi connectivity index (χ0v) is 15.8. The first-order valence-electron chi connectivity index (χ1n) is 9.15. The monoisotopic (exact) mass is 361 g/mol. The minimum absolute atomic E-state index is 0.0867. The summed E-state index contributed by atoms with van der Waals surface area (Å²) in [5, 5.41) is 16.0. The second kappa shape index (κ2) is 7.63. The number of nitrogens with one attached hydrogen (secondary N) is 2. The molecule has 2 heterocycles. The minimum atomic E-state index is -0.0867. The van der Waals surface area contributed by atoms with Crippen LogP contribution in [0.5, 0.6) is 0 Å². The molecule has 0 spiro atoms. The smallest absolute Gasteiger partial charge is 0.315 e. The number of urea groups is 1. The molecule has 1 aromatic heterocycles. The molecule has 0 aromatic carbocycles.